The zero-order valence-corrected chi connectivity index (χ0v) is 25.4. The zero-order chi connectivity index (χ0) is 30.9. The number of amidine groups is 1. The van der Waals surface area contributed by atoms with E-state index in [4.69, 9.17) is 22.1 Å². The molecule has 2 aromatic carbocycles. The summed E-state index contributed by atoms with van der Waals surface area (Å²) in [4.78, 5) is 16.7. The Morgan fingerprint density at radius 1 is 1.14 bits per heavy atom. The van der Waals surface area contributed by atoms with Crippen LogP contribution in [0.5, 0.6) is 5.75 Å². The number of fused-ring (bicyclic) bond motifs is 1. The Labute approximate surface area is 254 Å². The summed E-state index contributed by atoms with van der Waals surface area (Å²) in [6.07, 6.45) is 6.28. The van der Waals surface area contributed by atoms with Gasteiger partial charge in [-0.2, -0.15) is 5.10 Å². The number of ether oxygens (including phenoxy) is 1. The van der Waals surface area contributed by atoms with E-state index in [1.54, 1.807) is 22.8 Å². The van der Waals surface area contributed by atoms with Crippen molar-refractivity contribution in [1.82, 2.24) is 14.9 Å². The number of aliphatic imine (C=N–C) groups is 1. The standard InChI is InChI=1S/C32H36ClFN6O3/c1-18-13-23(41)10-11-24(18)19-14-28-29(37-21-6-8-22(9-7-21)38-31(42)43-32(2,3)4)25(16-36-40(28)17-19)30(35)39-27-15-20(34)5-12-26(27)33/h5,10-17,21-22,37,41H,6-9H2,1-4H3,(H2,35,39)(H,38,42). The van der Waals surface area contributed by atoms with Crippen LogP contribution in [-0.2, 0) is 4.74 Å². The Hall–Kier alpha value is -4.31. The number of hydrogen-bond donors (Lipinski definition) is 4. The summed E-state index contributed by atoms with van der Waals surface area (Å²) in [5, 5.41) is 21.4. The number of amides is 1. The van der Waals surface area contributed by atoms with Crippen LogP contribution in [0, 0.1) is 12.7 Å². The Morgan fingerprint density at radius 3 is 2.56 bits per heavy atom. The van der Waals surface area contributed by atoms with Crippen LogP contribution in [-0.4, -0.2) is 44.3 Å². The van der Waals surface area contributed by atoms with Crippen molar-refractivity contribution in [2.24, 2.45) is 10.7 Å². The van der Waals surface area contributed by atoms with Gasteiger partial charge >= 0.3 is 6.09 Å². The number of halogens is 2. The van der Waals surface area contributed by atoms with E-state index >= 15 is 0 Å². The average molecular weight is 607 g/mol. The first-order valence-corrected chi connectivity index (χ1v) is 14.6. The number of rotatable bonds is 6. The second-order valence-corrected chi connectivity index (χ2v) is 12.3. The van der Waals surface area contributed by atoms with Gasteiger partial charge in [-0.1, -0.05) is 17.7 Å². The molecular formula is C32H36ClFN6O3. The molecule has 0 atom stereocenters. The number of benzene rings is 2. The van der Waals surface area contributed by atoms with Crippen LogP contribution >= 0.6 is 11.6 Å². The highest BCUT2D eigenvalue weighted by Crippen LogP contribution is 2.34. The highest BCUT2D eigenvalue weighted by Gasteiger charge is 2.26. The molecule has 1 aliphatic rings. The summed E-state index contributed by atoms with van der Waals surface area (Å²) in [5.41, 5.74) is 11.0. The summed E-state index contributed by atoms with van der Waals surface area (Å²) < 4.78 is 21.2. The smallest absolute Gasteiger partial charge is 0.407 e. The third-order valence-electron chi connectivity index (χ3n) is 7.38. The van der Waals surface area contributed by atoms with Crippen molar-refractivity contribution in [2.75, 3.05) is 5.32 Å². The van der Waals surface area contributed by atoms with Crippen molar-refractivity contribution in [1.29, 1.82) is 0 Å². The summed E-state index contributed by atoms with van der Waals surface area (Å²) in [5.74, 6) is -0.140. The van der Waals surface area contributed by atoms with Gasteiger partial charge < -0.3 is 26.2 Å². The van der Waals surface area contributed by atoms with Gasteiger partial charge in [-0.25, -0.2) is 18.7 Å². The van der Waals surface area contributed by atoms with Crippen molar-refractivity contribution < 1.29 is 19.0 Å². The predicted octanol–water partition coefficient (Wildman–Crippen LogP) is 7.09. The summed E-state index contributed by atoms with van der Waals surface area (Å²) >= 11 is 6.28. The summed E-state index contributed by atoms with van der Waals surface area (Å²) in [6, 6.07) is 11.3. The molecule has 1 aliphatic carbocycles. The fourth-order valence-electron chi connectivity index (χ4n) is 5.34. The molecule has 2 heterocycles. The zero-order valence-electron chi connectivity index (χ0n) is 24.6. The van der Waals surface area contributed by atoms with Crippen LogP contribution in [0.4, 0.5) is 20.6 Å². The molecule has 0 bridgehead atoms. The minimum absolute atomic E-state index is 0.0176. The van der Waals surface area contributed by atoms with E-state index in [0.717, 1.165) is 53.6 Å². The number of nitrogens with zero attached hydrogens (tertiary/aromatic N) is 3. The van der Waals surface area contributed by atoms with Crippen LogP contribution in [0.3, 0.4) is 0 Å². The van der Waals surface area contributed by atoms with Gasteiger partial charge in [0.1, 0.15) is 23.0 Å². The molecule has 0 spiro atoms. The molecule has 43 heavy (non-hydrogen) atoms. The molecule has 5 N–H and O–H groups in total. The summed E-state index contributed by atoms with van der Waals surface area (Å²) in [7, 11) is 0. The van der Waals surface area contributed by atoms with E-state index in [2.05, 4.69) is 20.7 Å². The second-order valence-electron chi connectivity index (χ2n) is 11.9. The number of carbonyl (C=O) groups excluding carboxylic acids is 1. The number of aromatic hydroxyl groups is 1. The van der Waals surface area contributed by atoms with E-state index in [1.807, 2.05) is 46.0 Å². The van der Waals surface area contributed by atoms with Gasteiger partial charge in [-0.15, -0.1) is 0 Å². The van der Waals surface area contributed by atoms with Crippen LogP contribution < -0.4 is 16.4 Å². The normalized spacial score (nSPS) is 17.6. The third kappa shape index (κ3) is 7.19. The molecular weight excluding hydrogens is 571 g/mol. The van der Waals surface area contributed by atoms with E-state index in [1.165, 1.54) is 18.2 Å². The number of nitrogens with two attached hydrogens (primary N) is 1. The van der Waals surface area contributed by atoms with E-state index in [0.29, 0.717) is 5.56 Å². The van der Waals surface area contributed by atoms with Crippen LogP contribution in [0.25, 0.3) is 16.6 Å². The molecule has 1 saturated carbocycles. The predicted molar refractivity (Wildman–Crippen MR) is 168 cm³/mol. The van der Waals surface area contributed by atoms with E-state index in [-0.39, 0.29) is 34.4 Å². The number of anilines is 1. The largest absolute Gasteiger partial charge is 0.508 e. The van der Waals surface area contributed by atoms with Crippen molar-refractivity contribution >= 4 is 40.4 Å². The maximum Gasteiger partial charge on any atom is 0.407 e. The molecule has 0 saturated heterocycles. The molecule has 4 aromatic rings. The van der Waals surface area contributed by atoms with Crippen LogP contribution in [0.1, 0.15) is 57.6 Å². The first-order valence-electron chi connectivity index (χ1n) is 14.2. The Kier molecular flexibility index (Phi) is 8.50. The number of hydrogen-bond acceptors (Lipinski definition) is 6. The van der Waals surface area contributed by atoms with Gasteiger partial charge in [0.15, 0.2) is 0 Å². The molecule has 0 radical (unpaired) electrons. The number of phenols is 1. The lowest BCUT2D eigenvalue weighted by molar-refractivity contribution is 0.0492. The molecule has 9 nitrogen and oxygen atoms in total. The molecule has 1 amide bonds. The number of phenolic OH excluding ortho intramolecular Hbond substituents is 1. The van der Waals surface area contributed by atoms with Gasteiger partial charge in [-0.3, -0.25) is 0 Å². The van der Waals surface area contributed by atoms with Gasteiger partial charge in [0.2, 0.25) is 0 Å². The Bertz CT molecular complexity index is 1690. The van der Waals surface area contributed by atoms with Crippen molar-refractivity contribution in [2.45, 2.75) is 71.1 Å². The minimum Gasteiger partial charge on any atom is -0.508 e. The average Bonchev–Trinajstić information content (AvgIpc) is 3.35. The van der Waals surface area contributed by atoms with Crippen LogP contribution in [0.15, 0.2) is 59.9 Å². The lowest BCUT2D eigenvalue weighted by Crippen LogP contribution is -2.42. The fourth-order valence-corrected chi connectivity index (χ4v) is 5.50. The quantitative estimate of drug-likeness (QED) is 0.137. The first kappa shape index (κ1) is 30.2. The third-order valence-corrected chi connectivity index (χ3v) is 7.70. The molecule has 226 valence electrons. The second kappa shape index (κ2) is 12.1. The van der Waals surface area contributed by atoms with Gasteiger partial charge in [0.05, 0.1) is 33.7 Å². The van der Waals surface area contributed by atoms with Crippen molar-refractivity contribution in [3.63, 3.8) is 0 Å². The van der Waals surface area contributed by atoms with E-state index < -0.39 is 17.5 Å². The number of carbonyl (C=O) groups is 1. The topological polar surface area (TPSA) is 126 Å². The monoisotopic (exact) mass is 606 g/mol. The summed E-state index contributed by atoms with van der Waals surface area (Å²) in [6.45, 7) is 7.46. The maximum absolute atomic E-state index is 14.0. The molecule has 0 unspecified atom stereocenters. The van der Waals surface area contributed by atoms with Crippen molar-refractivity contribution in [3.8, 4) is 16.9 Å². The minimum atomic E-state index is -0.558. The lowest BCUT2D eigenvalue weighted by atomic mass is 9.91. The van der Waals surface area contributed by atoms with Gasteiger partial charge in [-0.05, 0) is 94.8 Å². The Balaban J connectivity index is 1.47. The highest BCUT2D eigenvalue weighted by atomic mass is 35.5. The number of aryl methyl sites for hydroxylation is 1. The molecule has 0 aliphatic heterocycles. The highest BCUT2D eigenvalue weighted by molar-refractivity contribution is 6.33. The Morgan fingerprint density at radius 2 is 1.86 bits per heavy atom. The van der Waals surface area contributed by atoms with Crippen LogP contribution in [0.2, 0.25) is 5.02 Å². The molecule has 1 fully saturated rings. The van der Waals surface area contributed by atoms with E-state index in [9.17, 15) is 14.3 Å². The molecule has 2 aromatic heterocycles. The first-order chi connectivity index (χ1) is 20.4. The number of alkyl carbamates (subject to hydrolysis) is 1. The number of aromatic nitrogens is 2. The molecule has 11 heteroatoms. The lowest BCUT2D eigenvalue weighted by Gasteiger charge is -2.31. The maximum atomic E-state index is 14.0. The molecule has 5 rings (SSSR count). The fraction of sp³-hybridized carbons (Fsp3) is 0.344. The van der Waals surface area contributed by atoms with Gasteiger partial charge in [0, 0.05) is 29.9 Å². The SMILES string of the molecule is Cc1cc(O)ccc1-c1cc2c(NC3CCC(NC(=O)OC(C)(C)C)CC3)c(C(N)=Nc3cc(F)ccc3Cl)cnn2c1. The van der Waals surface area contributed by atoms with Crippen molar-refractivity contribution in [3.05, 3.63) is 76.8 Å². The van der Waals surface area contributed by atoms with Gasteiger partial charge in [0.25, 0.3) is 0 Å². The number of nitrogens with one attached hydrogen (secondary N) is 2.